The summed E-state index contributed by atoms with van der Waals surface area (Å²) in [6.45, 7) is 5.53. The summed E-state index contributed by atoms with van der Waals surface area (Å²) in [5.74, 6) is -1.05. The van der Waals surface area contributed by atoms with Crippen LogP contribution >= 0.6 is 0 Å². The van der Waals surface area contributed by atoms with Gasteiger partial charge in [-0.3, -0.25) is 4.79 Å². The molecular formula is C9H17F2NO3. The van der Waals surface area contributed by atoms with Crippen LogP contribution in [0, 0.1) is 0 Å². The smallest absolute Gasteiger partial charge is 0.326 e. The fourth-order valence-electron chi connectivity index (χ4n) is 0.740. The van der Waals surface area contributed by atoms with Crippen LogP contribution in [0.25, 0.3) is 0 Å². The first-order chi connectivity index (χ1) is 6.48. The van der Waals surface area contributed by atoms with Crippen molar-refractivity contribution in [3.8, 4) is 0 Å². The van der Waals surface area contributed by atoms with E-state index in [1.165, 1.54) is 0 Å². The van der Waals surface area contributed by atoms with E-state index in [9.17, 15) is 18.7 Å². The Balaban J connectivity index is 4.59. The minimum Gasteiger partial charge on any atom is -0.459 e. The standard InChI is InChI=1S/C9H17F2NO3/c1-8(2,3)15-6(13)5(12)9(4,14)7(10)11/h5,7,14H,12H2,1-4H3. The molecule has 15 heavy (non-hydrogen) atoms. The topological polar surface area (TPSA) is 72.5 Å². The second kappa shape index (κ2) is 4.40. The van der Waals surface area contributed by atoms with Gasteiger partial charge in [-0.25, -0.2) is 8.78 Å². The van der Waals surface area contributed by atoms with E-state index in [-0.39, 0.29) is 0 Å². The Bertz CT molecular complexity index is 236. The molecule has 0 bridgehead atoms. The summed E-state index contributed by atoms with van der Waals surface area (Å²) in [6, 6.07) is -1.77. The number of alkyl halides is 2. The van der Waals surface area contributed by atoms with Gasteiger partial charge in [-0.15, -0.1) is 0 Å². The van der Waals surface area contributed by atoms with Crippen LogP contribution in [-0.2, 0) is 9.53 Å². The normalized spacial score (nSPS) is 18.5. The minimum absolute atomic E-state index is 0.798. The largest absolute Gasteiger partial charge is 0.459 e. The minimum atomic E-state index is -3.11. The summed E-state index contributed by atoms with van der Waals surface area (Å²) in [7, 11) is 0. The number of aliphatic hydroxyl groups is 1. The number of hydrogen-bond donors (Lipinski definition) is 2. The summed E-state index contributed by atoms with van der Waals surface area (Å²) in [5, 5.41) is 9.25. The lowest BCUT2D eigenvalue weighted by molar-refractivity contribution is -0.171. The lowest BCUT2D eigenvalue weighted by atomic mass is 9.98. The van der Waals surface area contributed by atoms with Crippen molar-refractivity contribution >= 4 is 5.97 Å². The van der Waals surface area contributed by atoms with Gasteiger partial charge in [0, 0.05) is 0 Å². The molecule has 0 spiro atoms. The fourth-order valence-corrected chi connectivity index (χ4v) is 0.740. The van der Waals surface area contributed by atoms with Gasteiger partial charge in [-0.2, -0.15) is 0 Å². The highest BCUT2D eigenvalue weighted by molar-refractivity contribution is 5.77. The van der Waals surface area contributed by atoms with Gasteiger partial charge >= 0.3 is 5.97 Å². The van der Waals surface area contributed by atoms with Crippen LogP contribution in [0.5, 0.6) is 0 Å². The summed E-state index contributed by atoms with van der Waals surface area (Å²) >= 11 is 0. The van der Waals surface area contributed by atoms with Gasteiger partial charge < -0.3 is 15.6 Å². The van der Waals surface area contributed by atoms with E-state index >= 15 is 0 Å². The van der Waals surface area contributed by atoms with E-state index in [0.717, 1.165) is 6.92 Å². The number of ether oxygens (including phenoxy) is 1. The van der Waals surface area contributed by atoms with Gasteiger partial charge in [-0.05, 0) is 27.7 Å². The highest BCUT2D eigenvalue weighted by atomic mass is 19.3. The van der Waals surface area contributed by atoms with Crippen LogP contribution < -0.4 is 5.73 Å². The van der Waals surface area contributed by atoms with Crippen LogP contribution in [0.15, 0.2) is 0 Å². The zero-order valence-electron chi connectivity index (χ0n) is 9.25. The third-order valence-corrected chi connectivity index (χ3v) is 1.73. The van der Waals surface area contributed by atoms with E-state index in [2.05, 4.69) is 0 Å². The molecule has 0 amide bonds. The maximum Gasteiger partial charge on any atom is 0.326 e. The lowest BCUT2D eigenvalue weighted by Crippen LogP contribution is -2.56. The van der Waals surface area contributed by atoms with Gasteiger partial charge in [0.25, 0.3) is 6.43 Å². The second-order valence-corrected chi connectivity index (χ2v) is 4.54. The summed E-state index contributed by atoms with van der Waals surface area (Å²) in [4.78, 5) is 11.3. The molecule has 0 aromatic carbocycles. The van der Waals surface area contributed by atoms with E-state index in [1.54, 1.807) is 20.8 Å². The molecule has 90 valence electrons. The number of rotatable bonds is 3. The van der Waals surface area contributed by atoms with E-state index < -0.39 is 29.6 Å². The van der Waals surface area contributed by atoms with Crippen molar-refractivity contribution in [3.63, 3.8) is 0 Å². The SMILES string of the molecule is CC(C)(C)OC(=O)C(N)C(C)(O)C(F)F. The first kappa shape index (κ1) is 14.2. The number of halogens is 2. The molecule has 0 rings (SSSR count). The Morgan fingerprint density at radius 2 is 1.73 bits per heavy atom. The van der Waals surface area contributed by atoms with Crippen molar-refractivity contribution in [2.45, 2.75) is 51.4 Å². The number of carbonyl (C=O) groups is 1. The predicted molar refractivity (Wildman–Crippen MR) is 50.4 cm³/mol. The Kier molecular flexibility index (Phi) is 4.18. The molecule has 0 saturated heterocycles. The summed E-state index contributed by atoms with van der Waals surface area (Å²) < 4.78 is 29.4. The van der Waals surface area contributed by atoms with Gasteiger partial charge in [0.05, 0.1) is 0 Å². The number of nitrogens with two attached hydrogens (primary N) is 1. The Morgan fingerprint density at radius 3 is 2.00 bits per heavy atom. The Labute approximate surface area is 87.4 Å². The Morgan fingerprint density at radius 1 is 1.33 bits per heavy atom. The molecule has 0 aliphatic heterocycles. The monoisotopic (exact) mass is 225 g/mol. The van der Waals surface area contributed by atoms with Crippen LogP contribution in [-0.4, -0.2) is 34.7 Å². The average molecular weight is 225 g/mol. The molecule has 0 fully saturated rings. The molecular weight excluding hydrogens is 208 g/mol. The van der Waals surface area contributed by atoms with Gasteiger partial charge in [-0.1, -0.05) is 0 Å². The van der Waals surface area contributed by atoms with E-state index in [0.29, 0.717) is 0 Å². The summed E-state index contributed by atoms with van der Waals surface area (Å²) in [6.07, 6.45) is -3.11. The molecule has 0 aromatic rings. The maximum absolute atomic E-state index is 12.3. The third kappa shape index (κ3) is 4.09. The first-order valence-corrected chi connectivity index (χ1v) is 4.47. The molecule has 0 radical (unpaired) electrons. The van der Waals surface area contributed by atoms with Gasteiger partial charge in [0.1, 0.15) is 17.2 Å². The van der Waals surface area contributed by atoms with Crippen molar-refractivity contribution in [1.29, 1.82) is 0 Å². The van der Waals surface area contributed by atoms with Crippen molar-refractivity contribution in [1.82, 2.24) is 0 Å². The molecule has 6 heteroatoms. The maximum atomic E-state index is 12.3. The molecule has 0 aliphatic carbocycles. The number of hydrogen-bond acceptors (Lipinski definition) is 4. The van der Waals surface area contributed by atoms with Crippen molar-refractivity contribution in [2.24, 2.45) is 5.73 Å². The fraction of sp³-hybridized carbons (Fsp3) is 0.889. The molecule has 4 nitrogen and oxygen atoms in total. The predicted octanol–water partition coefficient (Wildman–Crippen LogP) is 0.672. The van der Waals surface area contributed by atoms with Gasteiger partial charge in [0.15, 0.2) is 0 Å². The van der Waals surface area contributed by atoms with Crippen LogP contribution in [0.3, 0.4) is 0 Å². The van der Waals surface area contributed by atoms with Crippen molar-refractivity contribution < 1.29 is 23.4 Å². The van der Waals surface area contributed by atoms with E-state index in [4.69, 9.17) is 10.5 Å². The van der Waals surface area contributed by atoms with Crippen LogP contribution in [0.1, 0.15) is 27.7 Å². The molecule has 0 aromatic heterocycles. The third-order valence-electron chi connectivity index (χ3n) is 1.73. The highest BCUT2D eigenvalue weighted by Crippen LogP contribution is 2.20. The zero-order chi connectivity index (χ0) is 12.4. The molecule has 0 saturated carbocycles. The number of carbonyl (C=O) groups excluding carboxylic acids is 1. The van der Waals surface area contributed by atoms with E-state index in [1.807, 2.05) is 0 Å². The Hall–Kier alpha value is -0.750. The molecule has 2 unspecified atom stereocenters. The van der Waals surface area contributed by atoms with Gasteiger partial charge in [0.2, 0.25) is 0 Å². The lowest BCUT2D eigenvalue weighted by Gasteiger charge is -2.30. The average Bonchev–Trinajstić information content (AvgIpc) is 1.99. The quantitative estimate of drug-likeness (QED) is 0.692. The zero-order valence-corrected chi connectivity index (χ0v) is 9.25. The van der Waals surface area contributed by atoms with Crippen LogP contribution in [0.4, 0.5) is 8.78 Å². The molecule has 2 atom stereocenters. The summed E-state index contributed by atoms with van der Waals surface area (Å²) in [5.41, 5.74) is 1.79. The molecule has 0 aliphatic rings. The number of esters is 1. The van der Waals surface area contributed by atoms with Crippen molar-refractivity contribution in [3.05, 3.63) is 0 Å². The van der Waals surface area contributed by atoms with Crippen LogP contribution in [0.2, 0.25) is 0 Å². The highest BCUT2D eigenvalue weighted by Gasteiger charge is 2.44. The molecule has 3 N–H and O–H groups in total. The van der Waals surface area contributed by atoms with Crippen molar-refractivity contribution in [2.75, 3.05) is 0 Å². The molecule has 0 heterocycles. The first-order valence-electron chi connectivity index (χ1n) is 4.47. The second-order valence-electron chi connectivity index (χ2n) is 4.54.